The van der Waals surface area contributed by atoms with E-state index in [-0.39, 0.29) is 12.5 Å². The Balaban J connectivity index is 2.10. The molecule has 1 aromatic carbocycles. The van der Waals surface area contributed by atoms with Crippen LogP contribution in [0.2, 0.25) is 0 Å². The zero-order chi connectivity index (χ0) is 14.5. The first-order chi connectivity index (χ1) is 9.60. The molecule has 0 radical (unpaired) electrons. The summed E-state index contributed by atoms with van der Waals surface area (Å²) in [6.07, 6.45) is 3.32. The summed E-state index contributed by atoms with van der Waals surface area (Å²) in [4.78, 5) is 12.2. The van der Waals surface area contributed by atoms with Crippen molar-refractivity contribution in [1.82, 2.24) is 5.32 Å². The molecule has 2 rings (SSSR count). The fourth-order valence-electron chi connectivity index (χ4n) is 2.64. The topological polar surface area (TPSA) is 49.3 Å². The van der Waals surface area contributed by atoms with Crippen molar-refractivity contribution in [1.29, 1.82) is 0 Å². The molecule has 106 valence electrons. The van der Waals surface area contributed by atoms with Gasteiger partial charge in [-0.3, -0.25) is 4.79 Å². The normalized spacial score (nSPS) is 21.1. The Morgan fingerprint density at radius 1 is 1.45 bits per heavy atom. The van der Waals surface area contributed by atoms with E-state index in [0.717, 1.165) is 24.0 Å². The van der Waals surface area contributed by atoms with Crippen molar-refractivity contribution < 1.29 is 9.90 Å². The Bertz CT molecular complexity index is 554. The Labute approximate surface area is 120 Å². The lowest BCUT2D eigenvalue weighted by atomic mass is 10.0. The van der Waals surface area contributed by atoms with Crippen molar-refractivity contribution in [2.45, 2.75) is 39.2 Å². The van der Waals surface area contributed by atoms with Gasteiger partial charge in [0.05, 0.1) is 0 Å². The van der Waals surface area contributed by atoms with Crippen molar-refractivity contribution in [3.8, 4) is 11.8 Å². The molecule has 1 fully saturated rings. The predicted octanol–water partition coefficient (Wildman–Crippen LogP) is 2.26. The smallest absolute Gasteiger partial charge is 0.251 e. The first kappa shape index (κ1) is 14.6. The minimum Gasteiger partial charge on any atom is -0.384 e. The second-order valence-corrected chi connectivity index (χ2v) is 5.58. The van der Waals surface area contributed by atoms with Crippen molar-refractivity contribution in [2.24, 2.45) is 5.92 Å². The zero-order valence-electron chi connectivity index (χ0n) is 12.1. The standard InChI is InChI=1S/C17H21NO2/c1-12-5-8-16(10-12)18-17(20)15-7-6-13(2)14(11-15)4-3-9-19/h6-7,11-12,16,19H,5,8-10H2,1-2H3,(H,18,20). The molecule has 1 aliphatic carbocycles. The molecule has 0 heterocycles. The van der Waals surface area contributed by atoms with Gasteiger partial charge >= 0.3 is 0 Å². The van der Waals surface area contributed by atoms with Crippen LogP contribution in [0.1, 0.15) is 47.7 Å². The number of amides is 1. The van der Waals surface area contributed by atoms with Crippen LogP contribution in [-0.4, -0.2) is 23.7 Å². The number of benzene rings is 1. The summed E-state index contributed by atoms with van der Waals surface area (Å²) in [7, 11) is 0. The molecule has 2 N–H and O–H groups in total. The maximum absolute atomic E-state index is 12.2. The molecule has 0 aromatic heterocycles. The van der Waals surface area contributed by atoms with Crippen LogP contribution in [0.5, 0.6) is 0 Å². The zero-order valence-corrected chi connectivity index (χ0v) is 12.1. The largest absolute Gasteiger partial charge is 0.384 e. The number of carbonyl (C=O) groups excluding carboxylic acids is 1. The minimum atomic E-state index is -0.171. The number of rotatable bonds is 2. The molecule has 1 aliphatic rings. The van der Waals surface area contributed by atoms with E-state index >= 15 is 0 Å². The number of aryl methyl sites for hydroxylation is 1. The molecule has 1 aromatic rings. The number of nitrogens with one attached hydrogen (secondary N) is 1. The van der Waals surface area contributed by atoms with E-state index < -0.39 is 0 Å². The van der Waals surface area contributed by atoms with Crippen molar-refractivity contribution in [2.75, 3.05) is 6.61 Å². The number of aliphatic hydroxyl groups excluding tert-OH is 1. The molecular weight excluding hydrogens is 250 g/mol. The van der Waals surface area contributed by atoms with Gasteiger partial charge in [-0.1, -0.05) is 24.8 Å². The van der Waals surface area contributed by atoms with E-state index in [9.17, 15) is 4.79 Å². The summed E-state index contributed by atoms with van der Waals surface area (Å²) >= 11 is 0. The second kappa shape index (κ2) is 6.58. The van der Waals surface area contributed by atoms with Gasteiger partial charge in [0.2, 0.25) is 0 Å². The Hall–Kier alpha value is -1.79. The lowest BCUT2D eigenvalue weighted by molar-refractivity contribution is 0.0937. The van der Waals surface area contributed by atoms with Crippen LogP contribution >= 0.6 is 0 Å². The van der Waals surface area contributed by atoms with Gasteiger partial charge < -0.3 is 10.4 Å². The summed E-state index contributed by atoms with van der Waals surface area (Å²) in [5, 5.41) is 11.9. The summed E-state index contributed by atoms with van der Waals surface area (Å²) in [6, 6.07) is 5.82. The number of aliphatic hydroxyl groups is 1. The van der Waals surface area contributed by atoms with E-state index in [0.29, 0.717) is 17.5 Å². The van der Waals surface area contributed by atoms with Crippen LogP contribution in [-0.2, 0) is 0 Å². The van der Waals surface area contributed by atoms with Gasteiger partial charge in [-0.2, -0.15) is 0 Å². The van der Waals surface area contributed by atoms with Gasteiger partial charge in [0.1, 0.15) is 6.61 Å². The maximum Gasteiger partial charge on any atom is 0.251 e. The third-order valence-corrected chi connectivity index (χ3v) is 3.83. The highest BCUT2D eigenvalue weighted by Gasteiger charge is 2.23. The number of hydrogen-bond acceptors (Lipinski definition) is 2. The van der Waals surface area contributed by atoms with Crippen LogP contribution in [0.15, 0.2) is 18.2 Å². The molecule has 1 saturated carbocycles. The van der Waals surface area contributed by atoms with E-state index in [1.165, 1.54) is 6.42 Å². The van der Waals surface area contributed by atoms with Gasteiger partial charge in [0.25, 0.3) is 5.91 Å². The van der Waals surface area contributed by atoms with Crippen LogP contribution in [0.25, 0.3) is 0 Å². The van der Waals surface area contributed by atoms with Gasteiger partial charge in [-0.05, 0) is 49.8 Å². The summed E-state index contributed by atoms with van der Waals surface area (Å²) in [5.41, 5.74) is 2.45. The van der Waals surface area contributed by atoms with Gasteiger partial charge in [0, 0.05) is 17.2 Å². The summed E-state index contributed by atoms with van der Waals surface area (Å²) in [6.45, 7) is 4.00. The maximum atomic E-state index is 12.2. The van der Waals surface area contributed by atoms with Gasteiger partial charge in [0.15, 0.2) is 0 Å². The lowest BCUT2D eigenvalue weighted by Crippen LogP contribution is -2.32. The SMILES string of the molecule is Cc1ccc(C(=O)NC2CCC(C)C2)cc1C#CCO. The Morgan fingerprint density at radius 2 is 2.25 bits per heavy atom. The monoisotopic (exact) mass is 271 g/mol. The third kappa shape index (κ3) is 3.61. The molecule has 1 amide bonds. The summed E-state index contributed by atoms with van der Waals surface area (Å²) in [5.74, 6) is 6.17. The summed E-state index contributed by atoms with van der Waals surface area (Å²) < 4.78 is 0. The average Bonchev–Trinajstić information content (AvgIpc) is 2.83. The van der Waals surface area contributed by atoms with E-state index in [1.54, 1.807) is 6.07 Å². The molecule has 2 unspecified atom stereocenters. The highest BCUT2D eigenvalue weighted by molar-refractivity contribution is 5.94. The minimum absolute atomic E-state index is 0.0313. The van der Waals surface area contributed by atoms with Crippen LogP contribution in [0.4, 0.5) is 0 Å². The lowest BCUT2D eigenvalue weighted by Gasteiger charge is -2.13. The first-order valence-electron chi connectivity index (χ1n) is 7.11. The Kier molecular flexibility index (Phi) is 4.81. The van der Waals surface area contributed by atoms with Gasteiger partial charge in [-0.15, -0.1) is 0 Å². The number of hydrogen-bond donors (Lipinski definition) is 2. The van der Waals surface area contributed by atoms with E-state index in [1.807, 2.05) is 19.1 Å². The van der Waals surface area contributed by atoms with E-state index in [4.69, 9.17) is 5.11 Å². The average molecular weight is 271 g/mol. The predicted molar refractivity (Wildman–Crippen MR) is 79.4 cm³/mol. The molecule has 0 spiro atoms. The highest BCUT2D eigenvalue weighted by Crippen LogP contribution is 2.24. The van der Waals surface area contributed by atoms with Crippen LogP contribution < -0.4 is 5.32 Å². The molecule has 20 heavy (non-hydrogen) atoms. The third-order valence-electron chi connectivity index (χ3n) is 3.83. The quantitative estimate of drug-likeness (QED) is 0.811. The highest BCUT2D eigenvalue weighted by atomic mass is 16.2. The Morgan fingerprint density at radius 3 is 2.90 bits per heavy atom. The van der Waals surface area contributed by atoms with Crippen LogP contribution in [0.3, 0.4) is 0 Å². The van der Waals surface area contributed by atoms with E-state index in [2.05, 4.69) is 24.1 Å². The fraction of sp³-hybridized carbons (Fsp3) is 0.471. The number of carbonyl (C=O) groups is 1. The molecule has 0 saturated heterocycles. The molecule has 3 nitrogen and oxygen atoms in total. The molecule has 0 aliphatic heterocycles. The van der Waals surface area contributed by atoms with Crippen molar-refractivity contribution in [3.05, 3.63) is 34.9 Å². The van der Waals surface area contributed by atoms with Crippen LogP contribution in [0, 0.1) is 24.7 Å². The molecular formula is C17H21NO2. The second-order valence-electron chi connectivity index (χ2n) is 5.58. The molecule has 3 heteroatoms. The van der Waals surface area contributed by atoms with Crippen molar-refractivity contribution in [3.63, 3.8) is 0 Å². The first-order valence-corrected chi connectivity index (χ1v) is 7.11. The van der Waals surface area contributed by atoms with Crippen molar-refractivity contribution >= 4 is 5.91 Å². The van der Waals surface area contributed by atoms with Gasteiger partial charge in [-0.25, -0.2) is 0 Å². The fourth-order valence-corrected chi connectivity index (χ4v) is 2.64. The molecule has 2 atom stereocenters. The molecule has 0 bridgehead atoms.